The van der Waals surface area contributed by atoms with Crippen molar-refractivity contribution in [2.24, 2.45) is 11.8 Å². The Hall–Kier alpha value is -2.70. The smallest absolute Gasteiger partial charge is 0.231 e. The van der Waals surface area contributed by atoms with Gasteiger partial charge in [-0.25, -0.2) is 0 Å². The van der Waals surface area contributed by atoms with Crippen LogP contribution in [-0.2, 0) is 9.47 Å². The molecule has 170 valence electrons. The summed E-state index contributed by atoms with van der Waals surface area (Å²) in [4.78, 5) is 0. The van der Waals surface area contributed by atoms with E-state index < -0.39 is 0 Å². The summed E-state index contributed by atoms with van der Waals surface area (Å²) < 4.78 is 35.1. The molecule has 0 bridgehead atoms. The minimum Gasteiger partial charge on any atom is -0.493 e. The Morgan fingerprint density at radius 3 is 2.31 bits per heavy atom. The van der Waals surface area contributed by atoms with Crippen LogP contribution in [-0.4, -0.2) is 33.7 Å². The van der Waals surface area contributed by atoms with Crippen molar-refractivity contribution in [2.75, 3.05) is 33.7 Å². The van der Waals surface area contributed by atoms with Crippen LogP contribution in [0.5, 0.6) is 23.0 Å². The lowest BCUT2D eigenvalue weighted by atomic mass is 9.85. The molecule has 4 unspecified atom stereocenters. The maximum absolute atomic E-state index is 6.27. The van der Waals surface area contributed by atoms with E-state index in [0.29, 0.717) is 31.7 Å². The number of rotatable bonds is 7. The zero-order chi connectivity index (χ0) is 22.1. The molecule has 2 aromatic rings. The largest absolute Gasteiger partial charge is 0.493 e. The Balaban J connectivity index is 1.29. The van der Waals surface area contributed by atoms with E-state index in [-0.39, 0.29) is 19.0 Å². The Morgan fingerprint density at radius 1 is 0.906 bits per heavy atom. The molecule has 0 aliphatic carbocycles. The van der Waals surface area contributed by atoms with Gasteiger partial charge in [-0.1, -0.05) is 23.8 Å². The second kappa shape index (κ2) is 9.04. The molecule has 2 aromatic carbocycles. The molecule has 0 saturated carbocycles. The van der Waals surface area contributed by atoms with Gasteiger partial charge in [0, 0.05) is 11.8 Å². The van der Waals surface area contributed by atoms with Crippen molar-refractivity contribution in [3.05, 3.63) is 59.2 Å². The molecule has 0 spiro atoms. The van der Waals surface area contributed by atoms with E-state index in [4.69, 9.17) is 28.4 Å². The first-order valence-electron chi connectivity index (χ1n) is 11.2. The summed E-state index contributed by atoms with van der Waals surface area (Å²) in [6.45, 7) is 6.41. The van der Waals surface area contributed by atoms with Gasteiger partial charge in [0.25, 0.3) is 0 Å². The van der Waals surface area contributed by atoms with Crippen molar-refractivity contribution in [1.29, 1.82) is 0 Å². The average Bonchev–Trinajstić information content (AvgIpc) is 3.52. The van der Waals surface area contributed by atoms with Crippen molar-refractivity contribution in [3.63, 3.8) is 0 Å². The summed E-state index contributed by atoms with van der Waals surface area (Å²) in [5.74, 6) is 3.66. The summed E-state index contributed by atoms with van der Waals surface area (Å²) in [7, 11) is 1.68. The van der Waals surface area contributed by atoms with E-state index in [2.05, 4.69) is 32.1 Å². The van der Waals surface area contributed by atoms with Crippen molar-refractivity contribution >= 4 is 0 Å². The Bertz CT molecular complexity index is 996. The molecule has 0 N–H and O–H groups in total. The highest BCUT2D eigenvalue weighted by atomic mass is 16.7. The van der Waals surface area contributed by atoms with Crippen LogP contribution in [0.3, 0.4) is 0 Å². The van der Waals surface area contributed by atoms with Gasteiger partial charge in [0.2, 0.25) is 6.79 Å². The standard InChI is InChI=1S/C26H30O6/c1-16(2)5-4-10-28-21-8-6-17(11-23(21)27-3)25-19-13-30-26(20(19)14-29-25)18-7-9-22-24(12-18)32-15-31-22/h5-9,11-12,19-20,25-26H,4,10,13-15H2,1-3H3. The van der Waals surface area contributed by atoms with Gasteiger partial charge in [0.1, 0.15) is 0 Å². The zero-order valence-electron chi connectivity index (χ0n) is 18.8. The number of allylic oxidation sites excluding steroid dienone is 1. The van der Waals surface area contributed by atoms with Gasteiger partial charge in [-0.05, 0) is 55.7 Å². The van der Waals surface area contributed by atoms with Crippen LogP contribution in [0.1, 0.15) is 43.6 Å². The minimum absolute atomic E-state index is 0.000853. The van der Waals surface area contributed by atoms with Crippen molar-refractivity contribution in [3.8, 4) is 23.0 Å². The monoisotopic (exact) mass is 438 g/mol. The van der Waals surface area contributed by atoms with Gasteiger partial charge in [-0.3, -0.25) is 0 Å². The molecular weight excluding hydrogens is 408 g/mol. The highest BCUT2D eigenvalue weighted by Gasteiger charge is 2.48. The summed E-state index contributed by atoms with van der Waals surface area (Å²) in [6.07, 6.45) is 3.03. The summed E-state index contributed by atoms with van der Waals surface area (Å²) >= 11 is 0. The molecule has 3 heterocycles. The second-order valence-electron chi connectivity index (χ2n) is 8.78. The highest BCUT2D eigenvalue weighted by Crippen LogP contribution is 2.51. The molecule has 0 amide bonds. The lowest BCUT2D eigenvalue weighted by molar-refractivity contribution is 0.0191. The predicted octanol–water partition coefficient (Wildman–Crippen LogP) is 5.23. The van der Waals surface area contributed by atoms with Crippen LogP contribution in [0.4, 0.5) is 0 Å². The van der Waals surface area contributed by atoms with Gasteiger partial charge in [0.15, 0.2) is 23.0 Å². The Kier molecular flexibility index (Phi) is 5.98. The van der Waals surface area contributed by atoms with E-state index in [1.165, 1.54) is 5.57 Å². The Labute approximate surface area is 189 Å². The van der Waals surface area contributed by atoms with Crippen LogP contribution in [0, 0.1) is 11.8 Å². The fourth-order valence-electron chi connectivity index (χ4n) is 4.82. The number of methoxy groups -OCH3 is 1. The van der Waals surface area contributed by atoms with E-state index in [0.717, 1.165) is 40.5 Å². The number of ether oxygens (including phenoxy) is 6. The molecule has 32 heavy (non-hydrogen) atoms. The molecule has 6 nitrogen and oxygen atoms in total. The van der Waals surface area contributed by atoms with Crippen molar-refractivity contribution < 1.29 is 28.4 Å². The first-order chi connectivity index (χ1) is 15.6. The maximum Gasteiger partial charge on any atom is 0.231 e. The summed E-state index contributed by atoms with van der Waals surface area (Å²) in [5, 5.41) is 0. The van der Waals surface area contributed by atoms with E-state index >= 15 is 0 Å². The fraction of sp³-hybridized carbons (Fsp3) is 0.462. The van der Waals surface area contributed by atoms with Crippen LogP contribution in [0.2, 0.25) is 0 Å². The van der Waals surface area contributed by atoms with E-state index in [1.807, 2.05) is 24.3 Å². The summed E-state index contributed by atoms with van der Waals surface area (Å²) in [5.41, 5.74) is 3.51. The quantitative estimate of drug-likeness (QED) is 0.436. The second-order valence-corrected chi connectivity index (χ2v) is 8.78. The molecule has 0 aromatic heterocycles. The molecule has 3 aliphatic rings. The minimum atomic E-state index is -0.0207. The van der Waals surface area contributed by atoms with Crippen LogP contribution in [0.25, 0.3) is 0 Å². The third-order valence-electron chi connectivity index (χ3n) is 6.43. The lowest BCUT2D eigenvalue weighted by Crippen LogP contribution is -2.14. The van der Waals surface area contributed by atoms with Crippen molar-refractivity contribution in [1.82, 2.24) is 0 Å². The zero-order valence-corrected chi connectivity index (χ0v) is 18.8. The highest BCUT2D eigenvalue weighted by molar-refractivity contribution is 5.46. The van der Waals surface area contributed by atoms with Gasteiger partial charge >= 0.3 is 0 Å². The third kappa shape index (κ3) is 4.05. The lowest BCUT2D eigenvalue weighted by Gasteiger charge is -2.19. The molecule has 0 radical (unpaired) electrons. The number of hydrogen-bond donors (Lipinski definition) is 0. The van der Waals surface area contributed by atoms with Gasteiger partial charge in [-0.15, -0.1) is 0 Å². The molecule has 2 saturated heterocycles. The normalized spacial score (nSPS) is 25.5. The van der Waals surface area contributed by atoms with Gasteiger partial charge in [0.05, 0.1) is 39.1 Å². The van der Waals surface area contributed by atoms with E-state index in [1.54, 1.807) is 7.11 Å². The fourth-order valence-corrected chi connectivity index (χ4v) is 4.82. The summed E-state index contributed by atoms with van der Waals surface area (Å²) in [6, 6.07) is 12.2. The van der Waals surface area contributed by atoms with Gasteiger partial charge < -0.3 is 28.4 Å². The van der Waals surface area contributed by atoms with Crippen molar-refractivity contribution in [2.45, 2.75) is 32.5 Å². The predicted molar refractivity (Wildman–Crippen MR) is 119 cm³/mol. The Morgan fingerprint density at radius 2 is 1.59 bits per heavy atom. The molecule has 2 fully saturated rings. The number of fused-ring (bicyclic) bond motifs is 2. The van der Waals surface area contributed by atoms with Crippen LogP contribution < -0.4 is 18.9 Å². The molecule has 5 rings (SSSR count). The average molecular weight is 439 g/mol. The first-order valence-corrected chi connectivity index (χ1v) is 11.2. The molecule has 6 heteroatoms. The van der Waals surface area contributed by atoms with Crippen LogP contribution >= 0.6 is 0 Å². The topological polar surface area (TPSA) is 55.4 Å². The van der Waals surface area contributed by atoms with Crippen LogP contribution in [0.15, 0.2) is 48.0 Å². The first kappa shape index (κ1) is 21.2. The maximum atomic E-state index is 6.27. The van der Waals surface area contributed by atoms with Gasteiger partial charge in [-0.2, -0.15) is 0 Å². The SMILES string of the molecule is COc1cc(C2OCC3C(c4ccc5c(c4)OCO5)OCC23)ccc1OCCC=C(C)C. The van der Waals surface area contributed by atoms with E-state index in [9.17, 15) is 0 Å². The number of benzene rings is 2. The molecular formula is C26H30O6. The molecule has 4 atom stereocenters. The molecule has 3 aliphatic heterocycles. The third-order valence-corrected chi connectivity index (χ3v) is 6.43. The number of hydrogen-bond acceptors (Lipinski definition) is 6.